The van der Waals surface area contributed by atoms with Gasteiger partial charge >= 0.3 is 0 Å². The third-order valence-electron chi connectivity index (χ3n) is 3.06. The maximum atomic E-state index is 12.4. The lowest BCUT2D eigenvalue weighted by molar-refractivity contribution is 0.102. The first-order chi connectivity index (χ1) is 9.88. The van der Waals surface area contributed by atoms with Crippen LogP contribution in [0.15, 0.2) is 40.9 Å². The third kappa shape index (κ3) is 3.77. The van der Waals surface area contributed by atoms with Crippen LogP contribution in [-0.2, 0) is 0 Å². The molecule has 110 valence electrons. The van der Waals surface area contributed by atoms with Gasteiger partial charge in [-0.3, -0.25) is 4.79 Å². The van der Waals surface area contributed by atoms with E-state index in [1.165, 1.54) is 0 Å². The number of benzene rings is 2. The Morgan fingerprint density at radius 2 is 1.90 bits per heavy atom. The van der Waals surface area contributed by atoms with Crippen molar-refractivity contribution in [2.24, 2.45) is 0 Å². The number of rotatable bonds is 3. The zero-order valence-corrected chi connectivity index (χ0v) is 14.4. The maximum Gasteiger partial charge on any atom is 0.256 e. The van der Waals surface area contributed by atoms with Crippen LogP contribution in [-0.4, -0.2) is 20.0 Å². The number of halogens is 2. The molecule has 0 aliphatic carbocycles. The zero-order chi connectivity index (χ0) is 15.6. The Balaban J connectivity index is 2.33. The van der Waals surface area contributed by atoms with Crippen molar-refractivity contribution in [2.75, 3.05) is 24.3 Å². The molecule has 0 unspecified atom stereocenters. The standard InChI is InChI=1S/C16H16BrClN2O/c1-10-4-6-12(13(17)8-10)16(21)19-14-9-11(18)5-7-15(14)20(2)3/h4-9H,1-3H3,(H,19,21). The first-order valence-corrected chi connectivity index (χ1v) is 7.60. The smallest absolute Gasteiger partial charge is 0.256 e. The molecule has 0 aromatic heterocycles. The van der Waals surface area contributed by atoms with Crippen molar-refractivity contribution in [1.29, 1.82) is 0 Å². The Labute approximate surface area is 138 Å². The summed E-state index contributed by atoms with van der Waals surface area (Å²) in [6.45, 7) is 1.98. The molecule has 0 heterocycles. The topological polar surface area (TPSA) is 32.3 Å². The van der Waals surface area contributed by atoms with Gasteiger partial charge in [-0.1, -0.05) is 17.7 Å². The van der Waals surface area contributed by atoms with E-state index in [-0.39, 0.29) is 5.91 Å². The Morgan fingerprint density at radius 1 is 1.19 bits per heavy atom. The summed E-state index contributed by atoms with van der Waals surface area (Å²) in [5.41, 5.74) is 3.27. The second-order valence-corrected chi connectivity index (χ2v) is 6.28. The Morgan fingerprint density at radius 3 is 2.52 bits per heavy atom. The molecule has 5 heteroatoms. The van der Waals surface area contributed by atoms with Crippen molar-refractivity contribution in [3.8, 4) is 0 Å². The summed E-state index contributed by atoms with van der Waals surface area (Å²) in [4.78, 5) is 14.4. The summed E-state index contributed by atoms with van der Waals surface area (Å²) in [7, 11) is 3.83. The molecule has 0 saturated carbocycles. The van der Waals surface area contributed by atoms with Gasteiger partial charge in [0, 0.05) is 23.6 Å². The van der Waals surface area contributed by atoms with Gasteiger partial charge < -0.3 is 10.2 Å². The third-order valence-corrected chi connectivity index (χ3v) is 3.95. The maximum absolute atomic E-state index is 12.4. The number of nitrogens with one attached hydrogen (secondary N) is 1. The first kappa shape index (κ1) is 15.9. The van der Waals surface area contributed by atoms with Crippen molar-refractivity contribution in [3.63, 3.8) is 0 Å². The van der Waals surface area contributed by atoms with Crippen molar-refractivity contribution in [1.82, 2.24) is 0 Å². The minimum absolute atomic E-state index is 0.174. The van der Waals surface area contributed by atoms with Gasteiger partial charge in [0.1, 0.15) is 0 Å². The SMILES string of the molecule is Cc1ccc(C(=O)Nc2cc(Cl)ccc2N(C)C)c(Br)c1. The minimum Gasteiger partial charge on any atom is -0.376 e. The Bertz CT molecular complexity index is 686. The van der Waals surface area contributed by atoms with E-state index in [4.69, 9.17) is 11.6 Å². The van der Waals surface area contributed by atoms with Gasteiger partial charge in [-0.05, 0) is 58.7 Å². The van der Waals surface area contributed by atoms with Crippen LogP contribution in [0.1, 0.15) is 15.9 Å². The summed E-state index contributed by atoms with van der Waals surface area (Å²) >= 11 is 9.45. The molecule has 0 radical (unpaired) electrons. The molecular formula is C16H16BrClN2O. The van der Waals surface area contributed by atoms with E-state index in [1.807, 2.05) is 44.1 Å². The van der Waals surface area contributed by atoms with E-state index < -0.39 is 0 Å². The van der Waals surface area contributed by atoms with Gasteiger partial charge in [0.05, 0.1) is 16.9 Å². The van der Waals surface area contributed by atoms with E-state index in [1.54, 1.807) is 18.2 Å². The van der Waals surface area contributed by atoms with Crippen LogP contribution in [0.3, 0.4) is 0 Å². The lowest BCUT2D eigenvalue weighted by Crippen LogP contribution is -2.17. The summed E-state index contributed by atoms with van der Waals surface area (Å²) in [5, 5.41) is 3.50. The van der Waals surface area contributed by atoms with Gasteiger partial charge in [-0.25, -0.2) is 0 Å². The van der Waals surface area contributed by atoms with Crippen molar-refractivity contribution in [3.05, 3.63) is 57.0 Å². The van der Waals surface area contributed by atoms with Crippen LogP contribution < -0.4 is 10.2 Å². The highest BCUT2D eigenvalue weighted by Crippen LogP contribution is 2.29. The molecule has 0 fully saturated rings. The van der Waals surface area contributed by atoms with Crippen LogP contribution in [0.4, 0.5) is 11.4 Å². The largest absolute Gasteiger partial charge is 0.376 e. The molecule has 0 bridgehead atoms. The lowest BCUT2D eigenvalue weighted by Gasteiger charge is -2.18. The van der Waals surface area contributed by atoms with Crippen molar-refractivity contribution >= 4 is 44.8 Å². The van der Waals surface area contributed by atoms with E-state index >= 15 is 0 Å². The molecule has 2 aromatic carbocycles. The van der Waals surface area contributed by atoms with E-state index in [0.29, 0.717) is 16.3 Å². The summed E-state index contributed by atoms with van der Waals surface area (Å²) in [6.07, 6.45) is 0. The minimum atomic E-state index is -0.174. The average Bonchev–Trinajstić information content (AvgIpc) is 2.37. The molecule has 0 saturated heterocycles. The number of anilines is 2. The normalized spacial score (nSPS) is 10.3. The monoisotopic (exact) mass is 366 g/mol. The molecule has 2 rings (SSSR count). The quantitative estimate of drug-likeness (QED) is 0.850. The molecule has 0 spiro atoms. The molecule has 2 aromatic rings. The second kappa shape index (κ2) is 6.50. The molecule has 0 aliphatic rings. The predicted molar refractivity (Wildman–Crippen MR) is 92.6 cm³/mol. The molecule has 0 aliphatic heterocycles. The number of carbonyl (C=O) groups is 1. The Hall–Kier alpha value is -1.52. The van der Waals surface area contributed by atoms with E-state index in [9.17, 15) is 4.79 Å². The fourth-order valence-electron chi connectivity index (χ4n) is 1.99. The number of hydrogen-bond donors (Lipinski definition) is 1. The van der Waals surface area contributed by atoms with Crippen LogP contribution in [0.25, 0.3) is 0 Å². The molecule has 1 amide bonds. The van der Waals surface area contributed by atoms with Gasteiger partial charge in [-0.2, -0.15) is 0 Å². The molecule has 1 N–H and O–H groups in total. The van der Waals surface area contributed by atoms with E-state index in [0.717, 1.165) is 15.7 Å². The molecule has 3 nitrogen and oxygen atoms in total. The van der Waals surface area contributed by atoms with Gasteiger partial charge in [0.15, 0.2) is 0 Å². The lowest BCUT2D eigenvalue weighted by atomic mass is 10.1. The molecular weight excluding hydrogens is 352 g/mol. The highest BCUT2D eigenvalue weighted by atomic mass is 79.9. The van der Waals surface area contributed by atoms with Crippen LogP contribution in [0.2, 0.25) is 5.02 Å². The first-order valence-electron chi connectivity index (χ1n) is 6.43. The number of amides is 1. The van der Waals surface area contributed by atoms with Crippen LogP contribution >= 0.6 is 27.5 Å². The van der Waals surface area contributed by atoms with Crippen LogP contribution in [0, 0.1) is 6.92 Å². The number of aryl methyl sites for hydroxylation is 1. The van der Waals surface area contributed by atoms with Crippen molar-refractivity contribution < 1.29 is 4.79 Å². The van der Waals surface area contributed by atoms with Gasteiger partial charge in [0.25, 0.3) is 5.91 Å². The number of hydrogen-bond acceptors (Lipinski definition) is 2. The highest BCUT2D eigenvalue weighted by Gasteiger charge is 2.13. The van der Waals surface area contributed by atoms with E-state index in [2.05, 4.69) is 21.2 Å². The Kier molecular flexibility index (Phi) is 4.91. The fraction of sp³-hybridized carbons (Fsp3) is 0.188. The number of nitrogens with zero attached hydrogens (tertiary/aromatic N) is 1. The highest BCUT2D eigenvalue weighted by molar-refractivity contribution is 9.10. The summed E-state index contributed by atoms with van der Waals surface area (Å²) < 4.78 is 0.772. The van der Waals surface area contributed by atoms with Crippen molar-refractivity contribution in [2.45, 2.75) is 6.92 Å². The number of carbonyl (C=O) groups excluding carboxylic acids is 1. The molecule has 0 atom stereocenters. The fourth-order valence-corrected chi connectivity index (χ4v) is 2.84. The zero-order valence-electron chi connectivity index (χ0n) is 12.1. The summed E-state index contributed by atoms with van der Waals surface area (Å²) in [5.74, 6) is -0.174. The van der Waals surface area contributed by atoms with Crippen LogP contribution in [0.5, 0.6) is 0 Å². The van der Waals surface area contributed by atoms with Gasteiger partial charge in [0.2, 0.25) is 0 Å². The summed E-state index contributed by atoms with van der Waals surface area (Å²) in [6, 6.07) is 11.0. The second-order valence-electron chi connectivity index (χ2n) is 4.99. The molecule has 21 heavy (non-hydrogen) atoms. The predicted octanol–water partition coefficient (Wildman–Crippen LogP) is 4.73. The average molecular weight is 368 g/mol. The van der Waals surface area contributed by atoms with Gasteiger partial charge in [-0.15, -0.1) is 0 Å².